The van der Waals surface area contributed by atoms with Crippen molar-refractivity contribution in [1.29, 1.82) is 0 Å². The molecule has 0 spiro atoms. The number of ether oxygens (including phenoxy) is 2. The molecule has 0 radical (unpaired) electrons. The van der Waals surface area contributed by atoms with Crippen LogP contribution >= 0.6 is 0 Å². The minimum atomic E-state index is -0.808. The van der Waals surface area contributed by atoms with E-state index in [1.807, 2.05) is 60.7 Å². The largest absolute Gasteiger partial charge is 0.467 e. The van der Waals surface area contributed by atoms with E-state index in [4.69, 9.17) is 9.47 Å². The summed E-state index contributed by atoms with van der Waals surface area (Å²) in [5.41, 5.74) is 1.88. The number of nitrogens with one attached hydrogen (secondary N) is 1. The normalized spacial score (nSPS) is 17.7. The standard InChI is InChI=1S/C21H23NO4/c1-25-21(24)19(22-20(23)17-12-13-26-14-17)18(15-8-4-2-5-9-15)16-10-6-3-7-11-16/h2-11,17-19H,12-14H2,1H3,(H,22,23)/t17-,19-/m0/s1. The van der Waals surface area contributed by atoms with E-state index in [0.29, 0.717) is 19.6 Å². The number of carbonyl (C=O) groups excluding carboxylic acids is 2. The Morgan fingerprint density at radius 3 is 2.08 bits per heavy atom. The Kier molecular flexibility index (Phi) is 6.02. The van der Waals surface area contributed by atoms with Gasteiger partial charge in [-0.2, -0.15) is 0 Å². The molecule has 1 heterocycles. The maximum atomic E-state index is 12.6. The van der Waals surface area contributed by atoms with Crippen molar-refractivity contribution >= 4 is 11.9 Å². The number of hydrogen-bond acceptors (Lipinski definition) is 4. The van der Waals surface area contributed by atoms with Crippen molar-refractivity contribution in [1.82, 2.24) is 5.32 Å². The van der Waals surface area contributed by atoms with Crippen LogP contribution in [0.1, 0.15) is 23.5 Å². The molecule has 0 saturated carbocycles. The van der Waals surface area contributed by atoms with E-state index < -0.39 is 12.0 Å². The maximum absolute atomic E-state index is 12.6. The van der Waals surface area contributed by atoms with E-state index in [9.17, 15) is 9.59 Å². The van der Waals surface area contributed by atoms with Gasteiger partial charge in [-0.3, -0.25) is 4.79 Å². The smallest absolute Gasteiger partial charge is 0.329 e. The maximum Gasteiger partial charge on any atom is 0.329 e. The predicted octanol–water partition coefficient (Wildman–Crippen LogP) is 2.51. The summed E-state index contributed by atoms with van der Waals surface area (Å²) in [6, 6.07) is 18.6. The van der Waals surface area contributed by atoms with E-state index in [2.05, 4.69) is 5.32 Å². The first-order chi connectivity index (χ1) is 12.7. The first kappa shape index (κ1) is 18.1. The first-order valence-corrected chi connectivity index (χ1v) is 8.76. The van der Waals surface area contributed by atoms with Crippen molar-refractivity contribution < 1.29 is 19.1 Å². The lowest BCUT2D eigenvalue weighted by atomic mass is 9.84. The molecule has 2 aromatic carbocycles. The summed E-state index contributed by atoms with van der Waals surface area (Å²) >= 11 is 0. The van der Waals surface area contributed by atoms with Crippen LogP contribution in [0, 0.1) is 5.92 Å². The number of carbonyl (C=O) groups is 2. The van der Waals surface area contributed by atoms with Gasteiger partial charge >= 0.3 is 5.97 Å². The summed E-state index contributed by atoms with van der Waals surface area (Å²) in [4.78, 5) is 25.2. The third-order valence-electron chi connectivity index (χ3n) is 4.70. The van der Waals surface area contributed by atoms with Crippen molar-refractivity contribution in [3.8, 4) is 0 Å². The number of rotatable bonds is 6. The van der Waals surface area contributed by atoms with Gasteiger partial charge in [-0.1, -0.05) is 60.7 Å². The molecule has 1 N–H and O–H groups in total. The highest BCUT2D eigenvalue weighted by Crippen LogP contribution is 2.29. The molecule has 2 aromatic rings. The van der Waals surface area contributed by atoms with Crippen LogP contribution in [0.2, 0.25) is 0 Å². The van der Waals surface area contributed by atoms with Gasteiger partial charge in [0.15, 0.2) is 0 Å². The summed E-state index contributed by atoms with van der Waals surface area (Å²) in [6.45, 7) is 0.961. The molecule has 0 unspecified atom stereocenters. The van der Waals surface area contributed by atoms with E-state index in [-0.39, 0.29) is 17.7 Å². The number of benzene rings is 2. The molecule has 136 valence electrons. The van der Waals surface area contributed by atoms with Crippen molar-refractivity contribution in [2.45, 2.75) is 18.4 Å². The SMILES string of the molecule is COC(=O)[C@@H](NC(=O)[C@H]1CCOC1)C(c1ccccc1)c1ccccc1. The van der Waals surface area contributed by atoms with Gasteiger partial charge < -0.3 is 14.8 Å². The predicted molar refractivity (Wildman–Crippen MR) is 97.6 cm³/mol. The Labute approximate surface area is 153 Å². The lowest BCUT2D eigenvalue weighted by Gasteiger charge is -2.28. The average Bonchev–Trinajstić information content (AvgIpc) is 3.23. The lowest BCUT2D eigenvalue weighted by molar-refractivity contribution is -0.146. The summed E-state index contributed by atoms with van der Waals surface area (Å²) in [6.07, 6.45) is 0.668. The fraction of sp³-hybridized carbons (Fsp3) is 0.333. The number of methoxy groups -OCH3 is 1. The van der Waals surface area contributed by atoms with Crippen LogP contribution < -0.4 is 5.32 Å². The zero-order valence-electron chi connectivity index (χ0n) is 14.8. The Morgan fingerprint density at radius 1 is 1.04 bits per heavy atom. The molecular weight excluding hydrogens is 330 g/mol. The number of esters is 1. The zero-order valence-corrected chi connectivity index (χ0v) is 14.8. The van der Waals surface area contributed by atoms with Crippen LogP contribution in [0.25, 0.3) is 0 Å². The quantitative estimate of drug-likeness (QED) is 0.811. The molecule has 5 heteroatoms. The summed E-state index contributed by atoms with van der Waals surface area (Å²) in [5.74, 6) is -1.20. The fourth-order valence-corrected chi connectivity index (χ4v) is 3.32. The Hall–Kier alpha value is -2.66. The second-order valence-corrected chi connectivity index (χ2v) is 6.37. The third kappa shape index (κ3) is 4.11. The first-order valence-electron chi connectivity index (χ1n) is 8.76. The Balaban J connectivity index is 1.96. The van der Waals surface area contributed by atoms with Gasteiger partial charge in [0.25, 0.3) is 0 Å². The van der Waals surface area contributed by atoms with Crippen LogP contribution in [0.5, 0.6) is 0 Å². The second kappa shape index (κ2) is 8.63. The molecule has 26 heavy (non-hydrogen) atoms. The highest BCUT2D eigenvalue weighted by molar-refractivity contribution is 5.87. The average molecular weight is 353 g/mol. The van der Waals surface area contributed by atoms with Gasteiger partial charge in [0.1, 0.15) is 6.04 Å². The summed E-state index contributed by atoms with van der Waals surface area (Å²) in [7, 11) is 1.34. The summed E-state index contributed by atoms with van der Waals surface area (Å²) in [5, 5.41) is 2.91. The van der Waals surface area contributed by atoms with Crippen LogP contribution in [0.4, 0.5) is 0 Å². The molecule has 1 aliphatic heterocycles. The van der Waals surface area contributed by atoms with Gasteiger partial charge in [-0.25, -0.2) is 4.79 Å². The molecule has 1 saturated heterocycles. The number of amides is 1. The minimum absolute atomic E-state index is 0.172. The van der Waals surface area contributed by atoms with Crippen molar-refractivity contribution in [3.63, 3.8) is 0 Å². The molecule has 0 aromatic heterocycles. The molecule has 0 bridgehead atoms. The second-order valence-electron chi connectivity index (χ2n) is 6.37. The molecule has 1 aliphatic rings. The third-order valence-corrected chi connectivity index (χ3v) is 4.70. The van der Waals surface area contributed by atoms with Crippen LogP contribution in [-0.4, -0.2) is 38.2 Å². The zero-order chi connectivity index (χ0) is 18.4. The van der Waals surface area contributed by atoms with Gasteiger partial charge in [0.05, 0.1) is 19.6 Å². The van der Waals surface area contributed by atoms with Crippen LogP contribution in [-0.2, 0) is 19.1 Å². The van der Waals surface area contributed by atoms with Crippen LogP contribution in [0.3, 0.4) is 0 Å². The molecule has 1 amide bonds. The van der Waals surface area contributed by atoms with Crippen molar-refractivity contribution in [2.75, 3.05) is 20.3 Å². The number of hydrogen-bond donors (Lipinski definition) is 1. The summed E-state index contributed by atoms with van der Waals surface area (Å²) < 4.78 is 10.3. The van der Waals surface area contributed by atoms with Gasteiger partial charge in [-0.15, -0.1) is 0 Å². The van der Waals surface area contributed by atoms with E-state index in [1.165, 1.54) is 7.11 Å². The molecule has 3 rings (SSSR count). The molecule has 0 aliphatic carbocycles. The minimum Gasteiger partial charge on any atom is -0.467 e. The molecule has 2 atom stereocenters. The highest BCUT2D eigenvalue weighted by atomic mass is 16.5. The van der Waals surface area contributed by atoms with Crippen LogP contribution in [0.15, 0.2) is 60.7 Å². The highest BCUT2D eigenvalue weighted by Gasteiger charge is 2.35. The fourth-order valence-electron chi connectivity index (χ4n) is 3.32. The monoisotopic (exact) mass is 353 g/mol. The molecular formula is C21H23NO4. The van der Waals surface area contributed by atoms with E-state index in [1.54, 1.807) is 0 Å². The van der Waals surface area contributed by atoms with Gasteiger partial charge in [0.2, 0.25) is 5.91 Å². The topological polar surface area (TPSA) is 64.6 Å². The van der Waals surface area contributed by atoms with Gasteiger partial charge in [-0.05, 0) is 17.5 Å². The van der Waals surface area contributed by atoms with Gasteiger partial charge in [0, 0.05) is 12.5 Å². The Bertz CT molecular complexity index is 687. The molecule has 1 fully saturated rings. The molecule has 5 nitrogen and oxygen atoms in total. The van der Waals surface area contributed by atoms with Crippen molar-refractivity contribution in [2.24, 2.45) is 5.92 Å². The van der Waals surface area contributed by atoms with Crippen molar-refractivity contribution in [3.05, 3.63) is 71.8 Å². The van der Waals surface area contributed by atoms with E-state index >= 15 is 0 Å². The Morgan fingerprint density at radius 2 is 1.62 bits per heavy atom. The lowest BCUT2D eigenvalue weighted by Crippen LogP contribution is -2.48. The van der Waals surface area contributed by atoms with E-state index in [0.717, 1.165) is 11.1 Å².